The minimum absolute atomic E-state index is 0.0350. The summed E-state index contributed by atoms with van der Waals surface area (Å²) in [5.41, 5.74) is 0.656. The van der Waals surface area contributed by atoms with Gasteiger partial charge in [-0.25, -0.2) is 4.79 Å². The number of anilines is 1. The predicted octanol–water partition coefficient (Wildman–Crippen LogP) is 1.84. The van der Waals surface area contributed by atoms with Gasteiger partial charge in [-0.2, -0.15) is 0 Å². The summed E-state index contributed by atoms with van der Waals surface area (Å²) in [5.74, 6) is 1.32. The number of nitrogens with one attached hydrogen (secondary N) is 2. The molecule has 1 heterocycles. The predicted molar refractivity (Wildman–Crippen MR) is 73.0 cm³/mol. The highest BCUT2D eigenvalue weighted by Crippen LogP contribution is 2.34. The van der Waals surface area contributed by atoms with Crippen LogP contribution in [0, 0.1) is 0 Å². The summed E-state index contributed by atoms with van der Waals surface area (Å²) in [4.78, 5) is 11.9. The zero-order valence-electron chi connectivity index (χ0n) is 11.1. The highest BCUT2D eigenvalue weighted by molar-refractivity contribution is 5.89. The van der Waals surface area contributed by atoms with Crippen molar-refractivity contribution in [1.29, 1.82) is 0 Å². The van der Waals surface area contributed by atoms with Crippen LogP contribution in [0.25, 0.3) is 0 Å². The Kier molecular flexibility index (Phi) is 3.64. The van der Waals surface area contributed by atoms with E-state index in [1.165, 1.54) is 0 Å². The summed E-state index contributed by atoms with van der Waals surface area (Å²) >= 11 is 0. The summed E-state index contributed by atoms with van der Waals surface area (Å²) < 4.78 is 10.5. The van der Waals surface area contributed by atoms with Gasteiger partial charge < -0.3 is 25.2 Å². The average Bonchev–Trinajstić information content (AvgIpc) is 2.86. The summed E-state index contributed by atoms with van der Waals surface area (Å²) in [6.07, 6.45) is 2.98. The number of hydrogen-bond acceptors (Lipinski definition) is 4. The lowest BCUT2D eigenvalue weighted by Crippen LogP contribution is -2.41. The van der Waals surface area contributed by atoms with Crippen LogP contribution in [0.15, 0.2) is 18.2 Å². The first-order valence-corrected chi connectivity index (χ1v) is 6.86. The lowest BCUT2D eigenvalue weighted by molar-refractivity contribution is 0.114. The van der Waals surface area contributed by atoms with Crippen LogP contribution in [0.4, 0.5) is 10.5 Å². The molecule has 2 amide bonds. The Labute approximate surface area is 117 Å². The minimum atomic E-state index is -0.306. The molecule has 0 saturated heterocycles. The van der Waals surface area contributed by atoms with Gasteiger partial charge in [0.2, 0.25) is 6.79 Å². The van der Waals surface area contributed by atoms with E-state index in [-0.39, 0.29) is 25.0 Å². The van der Waals surface area contributed by atoms with Crippen molar-refractivity contribution in [3.8, 4) is 11.5 Å². The Morgan fingerprint density at radius 3 is 2.95 bits per heavy atom. The monoisotopic (exact) mass is 278 g/mol. The number of aliphatic hydroxyl groups excluding tert-OH is 1. The van der Waals surface area contributed by atoms with Gasteiger partial charge in [0.15, 0.2) is 11.5 Å². The lowest BCUT2D eigenvalue weighted by Gasteiger charge is -2.26. The fraction of sp³-hybridized carbons (Fsp3) is 0.500. The van der Waals surface area contributed by atoms with Crippen molar-refractivity contribution in [3.05, 3.63) is 18.2 Å². The molecule has 0 radical (unpaired) electrons. The quantitative estimate of drug-likeness (QED) is 0.771. The summed E-state index contributed by atoms with van der Waals surface area (Å²) in [6.45, 7) is 0.213. The molecule has 0 spiro atoms. The van der Waals surface area contributed by atoms with Crippen molar-refractivity contribution in [2.75, 3.05) is 12.1 Å². The number of aliphatic hydroxyl groups is 1. The normalized spacial score (nSPS) is 24.2. The van der Waals surface area contributed by atoms with Crippen molar-refractivity contribution in [3.63, 3.8) is 0 Å². The highest BCUT2D eigenvalue weighted by Gasteiger charge is 2.22. The molecule has 1 fully saturated rings. The molecule has 1 saturated carbocycles. The Morgan fingerprint density at radius 1 is 1.25 bits per heavy atom. The van der Waals surface area contributed by atoms with Crippen molar-refractivity contribution in [2.45, 2.75) is 37.8 Å². The number of fused-ring (bicyclic) bond motifs is 1. The molecule has 1 aromatic carbocycles. The second-order valence-electron chi connectivity index (χ2n) is 5.18. The molecule has 3 N–H and O–H groups in total. The SMILES string of the molecule is O=C(Nc1ccc2c(c1)OCO2)N[C@@H]1CCC[C@@H](O)C1. The Hall–Kier alpha value is -1.95. The van der Waals surface area contributed by atoms with Crippen LogP contribution in [0.2, 0.25) is 0 Å². The number of amides is 2. The van der Waals surface area contributed by atoms with Crippen molar-refractivity contribution in [1.82, 2.24) is 5.32 Å². The molecule has 6 nitrogen and oxygen atoms in total. The van der Waals surface area contributed by atoms with Crippen LogP contribution < -0.4 is 20.1 Å². The standard InChI is InChI=1S/C14H18N2O4/c17-11-3-1-2-9(6-11)15-14(18)16-10-4-5-12-13(7-10)20-8-19-12/h4-5,7,9,11,17H,1-3,6,8H2,(H2,15,16,18)/t9-,11-/m1/s1. The molecule has 0 aromatic heterocycles. The van der Waals surface area contributed by atoms with E-state index in [1.54, 1.807) is 18.2 Å². The zero-order valence-corrected chi connectivity index (χ0v) is 11.1. The van der Waals surface area contributed by atoms with Gasteiger partial charge in [0.1, 0.15) is 0 Å². The van der Waals surface area contributed by atoms with Gasteiger partial charge in [0.05, 0.1) is 6.10 Å². The summed E-state index contributed by atoms with van der Waals surface area (Å²) in [6, 6.07) is 5.04. The first-order valence-electron chi connectivity index (χ1n) is 6.86. The van der Waals surface area contributed by atoms with Gasteiger partial charge >= 0.3 is 6.03 Å². The van der Waals surface area contributed by atoms with Gasteiger partial charge in [-0.05, 0) is 37.8 Å². The van der Waals surface area contributed by atoms with Crippen LogP contribution in [0.1, 0.15) is 25.7 Å². The van der Waals surface area contributed by atoms with E-state index in [9.17, 15) is 9.90 Å². The Morgan fingerprint density at radius 2 is 2.10 bits per heavy atom. The first kappa shape index (κ1) is 13.1. The highest BCUT2D eigenvalue weighted by atomic mass is 16.7. The van der Waals surface area contributed by atoms with E-state index in [0.29, 0.717) is 23.6 Å². The molecule has 20 heavy (non-hydrogen) atoms. The molecule has 6 heteroatoms. The van der Waals surface area contributed by atoms with Crippen molar-refractivity contribution >= 4 is 11.7 Å². The maximum absolute atomic E-state index is 11.9. The van der Waals surface area contributed by atoms with Crippen LogP contribution in [0.3, 0.4) is 0 Å². The number of urea groups is 1. The fourth-order valence-electron chi connectivity index (χ4n) is 2.62. The maximum atomic E-state index is 11.9. The molecular weight excluding hydrogens is 260 g/mol. The van der Waals surface area contributed by atoms with Crippen molar-refractivity contribution < 1.29 is 19.4 Å². The van der Waals surface area contributed by atoms with Gasteiger partial charge in [0.25, 0.3) is 0 Å². The molecular formula is C14H18N2O4. The van der Waals surface area contributed by atoms with E-state index in [4.69, 9.17) is 9.47 Å². The summed E-state index contributed by atoms with van der Waals surface area (Å²) in [7, 11) is 0. The largest absolute Gasteiger partial charge is 0.454 e. The van der Waals surface area contributed by atoms with E-state index in [0.717, 1.165) is 19.3 Å². The number of ether oxygens (including phenoxy) is 2. The number of carbonyl (C=O) groups is 1. The average molecular weight is 278 g/mol. The molecule has 0 bridgehead atoms. The third-order valence-electron chi connectivity index (χ3n) is 3.61. The smallest absolute Gasteiger partial charge is 0.319 e. The number of carbonyl (C=O) groups excluding carboxylic acids is 1. The minimum Gasteiger partial charge on any atom is -0.454 e. The molecule has 108 valence electrons. The third-order valence-corrected chi connectivity index (χ3v) is 3.61. The number of rotatable bonds is 2. The van der Waals surface area contributed by atoms with Crippen LogP contribution in [-0.4, -0.2) is 30.1 Å². The van der Waals surface area contributed by atoms with Gasteiger partial charge in [-0.1, -0.05) is 0 Å². The molecule has 1 aliphatic carbocycles. The fourth-order valence-corrected chi connectivity index (χ4v) is 2.62. The van der Waals surface area contributed by atoms with Crippen LogP contribution in [-0.2, 0) is 0 Å². The number of hydrogen-bond donors (Lipinski definition) is 3. The Bertz CT molecular complexity index is 506. The second-order valence-corrected chi connectivity index (χ2v) is 5.18. The maximum Gasteiger partial charge on any atom is 0.319 e. The van der Waals surface area contributed by atoms with Gasteiger partial charge in [-0.3, -0.25) is 0 Å². The van der Waals surface area contributed by atoms with E-state index in [1.807, 2.05) is 0 Å². The van der Waals surface area contributed by atoms with Crippen LogP contribution in [0.5, 0.6) is 11.5 Å². The Balaban J connectivity index is 1.56. The molecule has 1 aliphatic heterocycles. The number of benzene rings is 1. The molecule has 2 aliphatic rings. The summed E-state index contributed by atoms with van der Waals surface area (Å²) in [5, 5.41) is 15.2. The molecule has 1 aromatic rings. The second kappa shape index (κ2) is 5.58. The third kappa shape index (κ3) is 2.96. The molecule has 3 rings (SSSR count). The van der Waals surface area contributed by atoms with Crippen LogP contribution >= 0.6 is 0 Å². The van der Waals surface area contributed by atoms with E-state index >= 15 is 0 Å². The molecule has 2 atom stereocenters. The van der Waals surface area contributed by atoms with Crippen molar-refractivity contribution in [2.24, 2.45) is 0 Å². The zero-order chi connectivity index (χ0) is 13.9. The lowest BCUT2D eigenvalue weighted by atomic mass is 9.93. The first-order chi connectivity index (χ1) is 9.70. The topological polar surface area (TPSA) is 79.8 Å². The van der Waals surface area contributed by atoms with Gasteiger partial charge in [-0.15, -0.1) is 0 Å². The molecule has 0 unspecified atom stereocenters. The van der Waals surface area contributed by atoms with E-state index < -0.39 is 0 Å². The van der Waals surface area contributed by atoms with E-state index in [2.05, 4.69) is 10.6 Å². The van der Waals surface area contributed by atoms with Gasteiger partial charge in [0, 0.05) is 17.8 Å².